The SMILES string of the molecule is COc1ccc(S(=O)(=O)N(C)CC(=O)N[C@H](C)c2ccc(N3CCC(C)CC3)cc2)cc1. The van der Waals surface area contributed by atoms with Crippen molar-refractivity contribution in [2.75, 3.05) is 38.7 Å². The normalized spacial score (nSPS) is 16.1. The van der Waals surface area contributed by atoms with Gasteiger partial charge in [0.2, 0.25) is 15.9 Å². The van der Waals surface area contributed by atoms with Crippen LogP contribution in [0.25, 0.3) is 0 Å². The molecule has 1 N–H and O–H groups in total. The summed E-state index contributed by atoms with van der Waals surface area (Å²) in [7, 11) is -0.853. The number of piperidine rings is 1. The summed E-state index contributed by atoms with van der Waals surface area (Å²) in [5.74, 6) is 0.998. The summed E-state index contributed by atoms with van der Waals surface area (Å²) in [6.45, 7) is 6.07. The highest BCUT2D eigenvalue weighted by molar-refractivity contribution is 7.89. The molecule has 1 fully saturated rings. The van der Waals surface area contributed by atoms with Crippen LogP contribution in [-0.2, 0) is 14.8 Å². The van der Waals surface area contributed by atoms with Crippen LogP contribution in [0.5, 0.6) is 5.75 Å². The number of rotatable bonds is 8. The molecule has 1 amide bonds. The molecule has 1 heterocycles. The summed E-state index contributed by atoms with van der Waals surface area (Å²) in [6, 6.07) is 14.1. The lowest BCUT2D eigenvalue weighted by Gasteiger charge is -2.32. The molecule has 8 heteroatoms. The fourth-order valence-electron chi connectivity index (χ4n) is 3.83. The summed E-state index contributed by atoms with van der Waals surface area (Å²) in [6.07, 6.45) is 2.42. The number of anilines is 1. The van der Waals surface area contributed by atoms with Crippen molar-refractivity contribution >= 4 is 21.6 Å². The van der Waals surface area contributed by atoms with Crippen LogP contribution in [0.3, 0.4) is 0 Å². The van der Waals surface area contributed by atoms with Gasteiger partial charge in [-0.05, 0) is 67.6 Å². The Morgan fingerprint density at radius 3 is 2.28 bits per heavy atom. The van der Waals surface area contributed by atoms with Gasteiger partial charge < -0.3 is 15.0 Å². The van der Waals surface area contributed by atoms with Gasteiger partial charge >= 0.3 is 0 Å². The Kier molecular flexibility index (Phi) is 7.79. The molecule has 0 unspecified atom stereocenters. The smallest absolute Gasteiger partial charge is 0.243 e. The highest BCUT2D eigenvalue weighted by atomic mass is 32.2. The summed E-state index contributed by atoms with van der Waals surface area (Å²) in [4.78, 5) is 15.0. The average Bonchev–Trinajstić information content (AvgIpc) is 2.79. The number of benzene rings is 2. The number of sulfonamides is 1. The van der Waals surface area contributed by atoms with E-state index in [1.807, 2.05) is 19.1 Å². The van der Waals surface area contributed by atoms with Crippen LogP contribution >= 0.6 is 0 Å². The van der Waals surface area contributed by atoms with Gasteiger partial charge in [-0.25, -0.2) is 8.42 Å². The third-order valence-electron chi connectivity index (χ3n) is 6.05. The van der Waals surface area contributed by atoms with Crippen molar-refractivity contribution in [3.63, 3.8) is 0 Å². The van der Waals surface area contributed by atoms with Crippen LogP contribution in [-0.4, -0.2) is 52.4 Å². The van der Waals surface area contributed by atoms with Crippen molar-refractivity contribution < 1.29 is 17.9 Å². The molecule has 0 aliphatic carbocycles. The van der Waals surface area contributed by atoms with Gasteiger partial charge in [-0.2, -0.15) is 4.31 Å². The van der Waals surface area contributed by atoms with Gasteiger partial charge in [0, 0.05) is 25.8 Å². The minimum Gasteiger partial charge on any atom is -0.497 e. The molecule has 0 bridgehead atoms. The molecule has 0 spiro atoms. The number of hydrogen-bond acceptors (Lipinski definition) is 5. The van der Waals surface area contributed by atoms with Crippen molar-refractivity contribution in [1.82, 2.24) is 9.62 Å². The Labute approximate surface area is 191 Å². The third-order valence-corrected chi connectivity index (χ3v) is 7.87. The van der Waals surface area contributed by atoms with E-state index in [9.17, 15) is 13.2 Å². The van der Waals surface area contributed by atoms with Crippen molar-refractivity contribution in [2.45, 2.75) is 37.6 Å². The summed E-state index contributed by atoms with van der Waals surface area (Å²) < 4.78 is 31.6. The zero-order valence-electron chi connectivity index (χ0n) is 19.2. The number of nitrogens with one attached hydrogen (secondary N) is 1. The number of methoxy groups -OCH3 is 1. The van der Waals surface area contributed by atoms with E-state index in [1.165, 1.54) is 44.8 Å². The highest BCUT2D eigenvalue weighted by Crippen LogP contribution is 2.25. The van der Waals surface area contributed by atoms with Gasteiger partial charge in [0.15, 0.2) is 0 Å². The number of nitrogens with zero attached hydrogens (tertiary/aromatic N) is 2. The Hall–Kier alpha value is -2.58. The van der Waals surface area contributed by atoms with E-state index in [2.05, 4.69) is 29.3 Å². The van der Waals surface area contributed by atoms with Crippen molar-refractivity contribution in [3.05, 3.63) is 54.1 Å². The van der Waals surface area contributed by atoms with Gasteiger partial charge in [0.25, 0.3) is 0 Å². The maximum atomic E-state index is 12.7. The maximum Gasteiger partial charge on any atom is 0.243 e. The lowest BCUT2D eigenvalue weighted by Crippen LogP contribution is -2.39. The number of likely N-dealkylation sites (N-methyl/N-ethyl adjacent to an activating group) is 1. The molecule has 2 aromatic carbocycles. The monoisotopic (exact) mass is 459 g/mol. The maximum absolute atomic E-state index is 12.7. The quantitative estimate of drug-likeness (QED) is 0.654. The molecule has 1 aliphatic heterocycles. The fourth-order valence-corrected chi connectivity index (χ4v) is 4.95. The van der Waals surface area contributed by atoms with Crippen LogP contribution < -0.4 is 15.0 Å². The minimum atomic E-state index is -3.77. The summed E-state index contributed by atoms with van der Waals surface area (Å²) >= 11 is 0. The first kappa shape index (κ1) is 24.1. The summed E-state index contributed by atoms with van der Waals surface area (Å²) in [5, 5.41) is 2.90. The molecule has 32 heavy (non-hydrogen) atoms. The number of amides is 1. The predicted octanol–water partition coefficient (Wildman–Crippen LogP) is 3.43. The Morgan fingerprint density at radius 1 is 1.12 bits per heavy atom. The van der Waals surface area contributed by atoms with E-state index < -0.39 is 10.0 Å². The second-order valence-electron chi connectivity index (χ2n) is 8.49. The minimum absolute atomic E-state index is 0.115. The first-order chi connectivity index (χ1) is 15.2. The molecule has 1 atom stereocenters. The molecule has 3 rings (SSSR count). The molecule has 2 aromatic rings. The zero-order chi connectivity index (χ0) is 23.3. The van der Waals surface area contributed by atoms with Crippen LogP contribution in [0, 0.1) is 5.92 Å². The number of ether oxygens (including phenoxy) is 1. The van der Waals surface area contributed by atoms with E-state index in [1.54, 1.807) is 12.1 Å². The third kappa shape index (κ3) is 5.81. The second-order valence-corrected chi connectivity index (χ2v) is 10.5. The number of carbonyl (C=O) groups is 1. The van der Waals surface area contributed by atoms with E-state index >= 15 is 0 Å². The highest BCUT2D eigenvalue weighted by Gasteiger charge is 2.24. The van der Waals surface area contributed by atoms with Crippen molar-refractivity contribution in [1.29, 1.82) is 0 Å². The topological polar surface area (TPSA) is 79.0 Å². The second kappa shape index (κ2) is 10.4. The van der Waals surface area contributed by atoms with Gasteiger partial charge in [0.05, 0.1) is 24.6 Å². The zero-order valence-corrected chi connectivity index (χ0v) is 20.1. The molecule has 174 valence electrons. The number of carbonyl (C=O) groups excluding carboxylic acids is 1. The van der Waals surface area contributed by atoms with E-state index in [0.717, 1.165) is 28.9 Å². The van der Waals surface area contributed by atoms with Crippen molar-refractivity contribution in [2.24, 2.45) is 5.92 Å². The van der Waals surface area contributed by atoms with Gasteiger partial charge in [0.1, 0.15) is 5.75 Å². The Balaban J connectivity index is 1.56. The first-order valence-electron chi connectivity index (χ1n) is 11.0. The predicted molar refractivity (Wildman–Crippen MR) is 126 cm³/mol. The van der Waals surface area contributed by atoms with Gasteiger partial charge in [-0.15, -0.1) is 0 Å². The molecule has 0 radical (unpaired) electrons. The van der Waals surface area contributed by atoms with Crippen LogP contribution in [0.15, 0.2) is 53.4 Å². The molecule has 0 aromatic heterocycles. The molecular formula is C24H33N3O4S. The first-order valence-corrected chi connectivity index (χ1v) is 12.4. The standard InChI is InChI=1S/C24H33N3O4S/c1-18-13-15-27(16-14-18)21-7-5-20(6-8-21)19(2)25-24(28)17-26(3)32(29,30)23-11-9-22(31-4)10-12-23/h5-12,18-19H,13-17H2,1-4H3,(H,25,28)/t19-/m1/s1. The van der Waals surface area contributed by atoms with Gasteiger partial charge in [-0.3, -0.25) is 4.79 Å². The molecular weight excluding hydrogens is 426 g/mol. The largest absolute Gasteiger partial charge is 0.497 e. The molecule has 1 saturated heterocycles. The van der Waals surface area contributed by atoms with Gasteiger partial charge in [-0.1, -0.05) is 19.1 Å². The lowest BCUT2D eigenvalue weighted by atomic mass is 9.98. The van der Waals surface area contributed by atoms with Crippen LogP contribution in [0.2, 0.25) is 0 Å². The Morgan fingerprint density at radius 2 is 1.72 bits per heavy atom. The van der Waals surface area contributed by atoms with E-state index in [-0.39, 0.29) is 23.4 Å². The van der Waals surface area contributed by atoms with E-state index in [4.69, 9.17) is 4.74 Å². The molecule has 0 saturated carbocycles. The summed E-state index contributed by atoms with van der Waals surface area (Å²) in [5.41, 5.74) is 2.18. The molecule has 1 aliphatic rings. The average molecular weight is 460 g/mol. The van der Waals surface area contributed by atoms with Crippen LogP contribution in [0.1, 0.15) is 38.3 Å². The van der Waals surface area contributed by atoms with Crippen LogP contribution in [0.4, 0.5) is 5.69 Å². The van der Waals surface area contributed by atoms with Crippen molar-refractivity contribution in [3.8, 4) is 5.75 Å². The Bertz CT molecular complexity index is 999. The number of hydrogen-bond donors (Lipinski definition) is 1. The van der Waals surface area contributed by atoms with E-state index in [0.29, 0.717) is 5.75 Å². The molecule has 7 nitrogen and oxygen atoms in total. The lowest BCUT2D eigenvalue weighted by molar-refractivity contribution is -0.121. The fraction of sp³-hybridized carbons (Fsp3) is 0.458.